The van der Waals surface area contributed by atoms with Crippen LogP contribution in [0.4, 0.5) is 4.79 Å². The molecule has 2 rings (SSSR count). The highest BCUT2D eigenvalue weighted by molar-refractivity contribution is 5.86. The molecule has 0 aliphatic heterocycles. The first-order valence-electron chi connectivity index (χ1n) is 4.07. The molecule has 1 spiro atoms. The van der Waals surface area contributed by atoms with E-state index < -0.39 is 6.09 Å². The minimum atomic E-state index is -0.708. The van der Waals surface area contributed by atoms with Crippen LogP contribution >= 0.6 is 0 Å². The van der Waals surface area contributed by atoms with Crippen LogP contribution < -0.4 is 5.73 Å². The number of hydrogen-bond donors (Lipinski definition) is 1. The van der Waals surface area contributed by atoms with Crippen molar-refractivity contribution in [3.05, 3.63) is 0 Å². The zero-order valence-electron chi connectivity index (χ0n) is 6.71. The topological polar surface area (TPSA) is 69.4 Å². The first-order valence-corrected chi connectivity index (χ1v) is 4.07. The second-order valence-corrected chi connectivity index (χ2v) is 3.86. The molecule has 4 heteroatoms. The maximum absolute atomic E-state index is 10.7. The van der Waals surface area contributed by atoms with Crippen molar-refractivity contribution >= 4 is 11.9 Å². The maximum Gasteiger partial charge on any atom is 0.404 e. The van der Waals surface area contributed by atoms with Crippen LogP contribution in [0.2, 0.25) is 0 Å². The minimum Gasteiger partial charge on any atom is -0.446 e. The predicted octanol–water partition coefficient (Wildman–Crippen LogP) is 0.593. The Morgan fingerprint density at radius 1 is 1.50 bits per heavy atom. The van der Waals surface area contributed by atoms with Gasteiger partial charge in [0.15, 0.2) is 0 Å². The van der Waals surface area contributed by atoms with Gasteiger partial charge in [0.05, 0.1) is 0 Å². The Labute approximate surface area is 70.1 Å². The van der Waals surface area contributed by atoms with Crippen molar-refractivity contribution in [2.75, 3.05) is 0 Å². The van der Waals surface area contributed by atoms with E-state index in [1.165, 1.54) is 0 Å². The molecule has 0 aromatic carbocycles. The minimum absolute atomic E-state index is 0.0319. The molecule has 0 heterocycles. The van der Waals surface area contributed by atoms with E-state index in [1.807, 2.05) is 0 Å². The number of ether oxygens (including phenoxy) is 1. The van der Waals surface area contributed by atoms with Gasteiger partial charge in [-0.3, -0.25) is 4.79 Å². The molecule has 0 atom stereocenters. The molecule has 2 fully saturated rings. The van der Waals surface area contributed by atoms with E-state index in [2.05, 4.69) is 0 Å². The van der Waals surface area contributed by atoms with Gasteiger partial charge in [-0.25, -0.2) is 4.79 Å². The number of nitrogens with two attached hydrogens (primary N) is 1. The molecule has 4 nitrogen and oxygen atoms in total. The normalized spacial score (nSPS) is 26.2. The van der Waals surface area contributed by atoms with Gasteiger partial charge in [0.25, 0.3) is 0 Å². The SMILES string of the molecule is NC(=O)OC1CC2(CC(=O)C2)C1. The molecule has 0 saturated heterocycles. The summed E-state index contributed by atoms with van der Waals surface area (Å²) < 4.78 is 4.78. The molecule has 0 aromatic rings. The second-order valence-electron chi connectivity index (χ2n) is 3.86. The third-order valence-electron chi connectivity index (χ3n) is 2.75. The summed E-state index contributed by atoms with van der Waals surface area (Å²) in [5.41, 5.74) is 5.04. The first-order chi connectivity index (χ1) is 5.60. The van der Waals surface area contributed by atoms with Gasteiger partial charge in [0.1, 0.15) is 11.9 Å². The van der Waals surface area contributed by atoms with Crippen molar-refractivity contribution < 1.29 is 14.3 Å². The Bertz CT molecular complexity index is 233. The van der Waals surface area contributed by atoms with Gasteiger partial charge in [-0.15, -0.1) is 0 Å². The summed E-state index contributed by atoms with van der Waals surface area (Å²) in [5, 5.41) is 0. The molecular weight excluding hydrogens is 158 g/mol. The van der Waals surface area contributed by atoms with E-state index >= 15 is 0 Å². The highest BCUT2D eigenvalue weighted by atomic mass is 16.6. The fourth-order valence-corrected chi connectivity index (χ4v) is 2.23. The maximum atomic E-state index is 10.7. The predicted molar refractivity (Wildman–Crippen MR) is 40.4 cm³/mol. The number of amides is 1. The molecule has 0 unspecified atom stereocenters. The van der Waals surface area contributed by atoms with Gasteiger partial charge < -0.3 is 10.5 Å². The Kier molecular flexibility index (Phi) is 1.40. The number of rotatable bonds is 1. The number of hydrogen-bond acceptors (Lipinski definition) is 3. The van der Waals surface area contributed by atoms with E-state index in [0.717, 1.165) is 12.8 Å². The number of primary amides is 1. The number of Topliss-reactive ketones (excluding diaryl/α,β-unsaturated/α-hetero) is 1. The molecule has 66 valence electrons. The Balaban J connectivity index is 1.77. The Morgan fingerprint density at radius 3 is 2.50 bits per heavy atom. The van der Waals surface area contributed by atoms with Crippen LogP contribution in [0, 0.1) is 5.41 Å². The largest absolute Gasteiger partial charge is 0.446 e. The van der Waals surface area contributed by atoms with Gasteiger partial charge in [-0.2, -0.15) is 0 Å². The van der Waals surface area contributed by atoms with E-state index in [0.29, 0.717) is 18.6 Å². The molecule has 2 N–H and O–H groups in total. The van der Waals surface area contributed by atoms with Gasteiger partial charge in [-0.1, -0.05) is 0 Å². The zero-order valence-corrected chi connectivity index (χ0v) is 6.71. The quantitative estimate of drug-likeness (QED) is 0.624. The second kappa shape index (κ2) is 2.21. The van der Waals surface area contributed by atoms with Gasteiger partial charge in [0.2, 0.25) is 0 Å². The lowest BCUT2D eigenvalue weighted by Gasteiger charge is -2.51. The number of carbonyl (C=O) groups excluding carboxylic acids is 2. The van der Waals surface area contributed by atoms with E-state index in [1.54, 1.807) is 0 Å². The summed E-state index contributed by atoms with van der Waals surface area (Å²) in [5.74, 6) is 0.326. The molecule has 12 heavy (non-hydrogen) atoms. The van der Waals surface area contributed by atoms with Crippen molar-refractivity contribution in [1.82, 2.24) is 0 Å². The summed E-state index contributed by atoms with van der Waals surface area (Å²) in [6.45, 7) is 0. The van der Waals surface area contributed by atoms with E-state index in [-0.39, 0.29) is 11.5 Å². The first kappa shape index (κ1) is 7.58. The lowest BCUT2D eigenvalue weighted by molar-refractivity contribution is -0.147. The van der Waals surface area contributed by atoms with Crippen LogP contribution in [0.15, 0.2) is 0 Å². The van der Waals surface area contributed by atoms with Crippen molar-refractivity contribution in [2.24, 2.45) is 11.1 Å². The van der Waals surface area contributed by atoms with Crippen LogP contribution in [0.3, 0.4) is 0 Å². The summed E-state index contributed by atoms with van der Waals surface area (Å²) in [6, 6.07) is 0. The van der Waals surface area contributed by atoms with Gasteiger partial charge in [-0.05, 0) is 18.3 Å². The Hall–Kier alpha value is -1.06. The standard InChI is InChI=1S/C8H11NO3/c9-7(11)12-6-3-8(4-6)1-5(10)2-8/h6H,1-4H2,(H2,9,11). The van der Waals surface area contributed by atoms with Crippen LogP contribution in [0.1, 0.15) is 25.7 Å². The van der Waals surface area contributed by atoms with Crippen LogP contribution in [-0.4, -0.2) is 18.0 Å². The smallest absolute Gasteiger partial charge is 0.404 e. The zero-order chi connectivity index (χ0) is 8.77. The summed E-state index contributed by atoms with van der Waals surface area (Å²) in [6.07, 6.45) is 2.25. The van der Waals surface area contributed by atoms with Gasteiger partial charge >= 0.3 is 6.09 Å². The van der Waals surface area contributed by atoms with Crippen molar-refractivity contribution in [2.45, 2.75) is 31.8 Å². The third kappa shape index (κ3) is 1.07. The fraction of sp³-hybridized carbons (Fsp3) is 0.750. The highest BCUT2D eigenvalue weighted by Gasteiger charge is 2.53. The molecule has 2 aliphatic rings. The molecule has 0 aromatic heterocycles. The van der Waals surface area contributed by atoms with Crippen LogP contribution in [0.5, 0.6) is 0 Å². The van der Waals surface area contributed by atoms with Crippen molar-refractivity contribution in [1.29, 1.82) is 0 Å². The third-order valence-corrected chi connectivity index (χ3v) is 2.75. The fourth-order valence-electron chi connectivity index (χ4n) is 2.23. The van der Waals surface area contributed by atoms with Crippen molar-refractivity contribution in [3.8, 4) is 0 Å². The lowest BCUT2D eigenvalue weighted by atomic mass is 9.54. The molecule has 2 saturated carbocycles. The molecule has 1 amide bonds. The summed E-state index contributed by atoms with van der Waals surface area (Å²) in [7, 11) is 0. The summed E-state index contributed by atoms with van der Waals surface area (Å²) >= 11 is 0. The molecule has 0 bridgehead atoms. The molecular formula is C8H11NO3. The summed E-state index contributed by atoms with van der Waals surface area (Å²) in [4.78, 5) is 21.0. The lowest BCUT2D eigenvalue weighted by Crippen LogP contribution is -2.52. The van der Waals surface area contributed by atoms with Crippen LogP contribution in [-0.2, 0) is 9.53 Å². The average Bonchev–Trinajstić information content (AvgIpc) is 1.78. The van der Waals surface area contributed by atoms with Gasteiger partial charge in [0, 0.05) is 12.8 Å². The monoisotopic (exact) mass is 169 g/mol. The van der Waals surface area contributed by atoms with Crippen molar-refractivity contribution in [3.63, 3.8) is 0 Å². The van der Waals surface area contributed by atoms with Crippen LogP contribution in [0.25, 0.3) is 0 Å². The number of carbonyl (C=O) groups is 2. The highest BCUT2D eigenvalue weighted by Crippen LogP contribution is 2.54. The molecule has 0 radical (unpaired) electrons. The van der Waals surface area contributed by atoms with E-state index in [9.17, 15) is 9.59 Å². The average molecular weight is 169 g/mol. The molecule has 2 aliphatic carbocycles. The van der Waals surface area contributed by atoms with E-state index in [4.69, 9.17) is 10.5 Å². The Morgan fingerprint density at radius 2 is 2.08 bits per heavy atom. The number of ketones is 1.